The van der Waals surface area contributed by atoms with Crippen molar-refractivity contribution in [2.24, 2.45) is 0 Å². The molecule has 0 unspecified atom stereocenters. The minimum absolute atomic E-state index is 0.898. The molecule has 13 rings (SSSR count). The predicted molar refractivity (Wildman–Crippen MR) is 250 cm³/mol. The molecule has 0 saturated heterocycles. The monoisotopic (exact) mass is 746 g/mol. The molecular formula is C58H34O. The Morgan fingerprint density at radius 3 is 1.54 bits per heavy atom. The van der Waals surface area contributed by atoms with Gasteiger partial charge in [-0.05, 0) is 134 Å². The second-order valence-corrected chi connectivity index (χ2v) is 15.9. The summed E-state index contributed by atoms with van der Waals surface area (Å²) in [6.45, 7) is 0. The lowest BCUT2D eigenvalue weighted by Crippen LogP contribution is -1.96. The van der Waals surface area contributed by atoms with Crippen molar-refractivity contribution in [3.05, 3.63) is 206 Å². The quantitative estimate of drug-likeness (QED) is 0.164. The van der Waals surface area contributed by atoms with Crippen molar-refractivity contribution in [2.75, 3.05) is 0 Å². The van der Waals surface area contributed by atoms with Crippen molar-refractivity contribution in [3.63, 3.8) is 0 Å². The molecule has 0 spiro atoms. The van der Waals surface area contributed by atoms with Gasteiger partial charge in [-0.25, -0.2) is 0 Å². The number of benzene rings is 11. The lowest BCUT2D eigenvalue weighted by Gasteiger charge is -2.23. The molecule has 1 nitrogen and oxygen atoms in total. The summed E-state index contributed by atoms with van der Waals surface area (Å²) >= 11 is 0. The van der Waals surface area contributed by atoms with Gasteiger partial charge in [-0.3, -0.25) is 0 Å². The number of fused-ring (bicyclic) bond motifs is 9. The van der Waals surface area contributed by atoms with Crippen LogP contribution in [0.25, 0.3) is 132 Å². The summed E-state index contributed by atoms with van der Waals surface area (Å²) < 4.78 is 6.35. The normalized spacial score (nSPS) is 12.1. The van der Waals surface area contributed by atoms with Gasteiger partial charge in [0.15, 0.2) is 0 Å². The summed E-state index contributed by atoms with van der Waals surface area (Å²) in [4.78, 5) is 0. The maximum atomic E-state index is 6.35. The zero-order valence-electron chi connectivity index (χ0n) is 32.0. The Bertz CT molecular complexity index is 3640. The third kappa shape index (κ3) is 4.67. The lowest BCUT2D eigenvalue weighted by atomic mass is 9.80. The molecule has 11 aromatic carbocycles. The first-order chi connectivity index (χ1) is 29.3. The fourth-order valence-corrected chi connectivity index (χ4v) is 10.3. The van der Waals surface area contributed by atoms with E-state index in [0.29, 0.717) is 0 Å². The third-order valence-corrected chi connectivity index (χ3v) is 12.8. The number of rotatable bonds is 4. The van der Waals surface area contributed by atoms with Crippen LogP contribution in [0.5, 0.6) is 0 Å². The van der Waals surface area contributed by atoms with E-state index in [2.05, 4.69) is 200 Å². The molecule has 272 valence electrons. The maximum absolute atomic E-state index is 6.35. The summed E-state index contributed by atoms with van der Waals surface area (Å²) in [5.74, 6) is 0. The van der Waals surface area contributed by atoms with Crippen molar-refractivity contribution in [1.29, 1.82) is 0 Å². The van der Waals surface area contributed by atoms with E-state index in [1.54, 1.807) is 0 Å². The van der Waals surface area contributed by atoms with Crippen LogP contribution in [0.3, 0.4) is 0 Å². The summed E-state index contributed by atoms with van der Waals surface area (Å²) in [7, 11) is 0. The van der Waals surface area contributed by atoms with E-state index in [1.807, 2.05) is 6.07 Å². The van der Waals surface area contributed by atoms with Gasteiger partial charge < -0.3 is 4.42 Å². The zero-order valence-corrected chi connectivity index (χ0v) is 32.0. The molecule has 0 atom stereocenters. The van der Waals surface area contributed by atoms with Gasteiger partial charge in [0.25, 0.3) is 0 Å². The molecule has 0 radical (unpaired) electrons. The number of hydrogen-bond donors (Lipinski definition) is 0. The van der Waals surface area contributed by atoms with E-state index in [1.165, 1.54) is 104 Å². The summed E-state index contributed by atoms with van der Waals surface area (Å²) in [6, 6.07) is 76.1. The van der Waals surface area contributed by atoms with Crippen LogP contribution in [0.2, 0.25) is 0 Å². The van der Waals surface area contributed by atoms with Crippen molar-refractivity contribution >= 4 is 65.0 Å². The highest BCUT2D eigenvalue weighted by Gasteiger charge is 2.26. The average molecular weight is 747 g/mol. The number of furan rings is 1. The molecule has 0 saturated carbocycles. The molecule has 12 aromatic rings. The van der Waals surface area contributed by atoms with E-state index in [0.717, 1.165) is 27.5 Å². The van der Waals surface area contributed by atoms with E-state index in [4.69, 9.17) is 4.42 Å². The van der Waals surface area contributed by atoms with Crippen LogP contribution >= 0.6 is 0 Å². The van der Waals surface area contributed by atoms with Crippen molar-refractivity contribution in [1.82, 2.24) is 0 Å². The molecule has 59 heavy (non-hydrogen) atoms. The SMILES string of the molecule is c1ccc2c(c1)-c1cccc3c(-c4cccc(-c5ccc6oc7ccccc7c6c5)c4-c4c5ccccc5c(-c5ccc6ccccc6c5)c5ccccc45)ccc-2c13. The van der Waals surface area contributed by atoms with Crippen LogP contribution in [0.15, 0.2) is 211 Å². The van der Waals surface area contributed by atoms with Crippen LogP contribution in [-0.4, -0.2) is 0 Å². The van der Waals surface area contributed by atoms with E-state index in [9.17, 15) is 0 Å². The van der Waals surface area contributed by atoms with Gasteiger partial charge in [-0.1, -0.05) is 182 Å². The Morgan fingerprint density at radius 1 is 0.237 bits per heavy atom. The fraction of sp³-hybridized carbons (Fsp3) is 0. The fourth-order valence-electron chi connectivity index (χ4n) is 10.3. The van der Waals surface area contributed by atoms with Crippen LogP contribution in [0.1, 0.15) is 0 Å². The molecule has 0 amide bonds. The number of para-hydroxylation sites is 1. The van der Waals surface area contributed by atoms with Crippen LogP contribution < -0.4 is 0 Å². The first-order valence-corrected chi connectivity index (χ1v) is 20.4. The molecule has 1 aliphatic rings. The Hall–Kier alpha value is -7.74. The minimum atomic E-state index is 0.898. The zero-order chi connectivity index (χ0) is 38.6. The Kier molecular flexibility index (Phi) is 6.79. The van der Waals surface area contributed by atoms with Crippen molar-refractivity contribution in [3.8, 4) is 66.8 Å². The maximum Gasteiger partial charge on any atom is 0.135 e. The predicted octanol–water partition coefficient (Wildman–Crippen LogP) is 16.5. The van der Waals surface area contributed by atoms with Gasteiger partial charge >= 0.3 is 0 Å². The van der Waals surface area contributed by atoms with Crippen LogP contribution in [0.4, 0.5) is 0 Å². The second-order valence-electron chi connectivity index (χ2n) is 15.9. The highest BCUT2D eigenvalue weighted by molar-refractivity contribution is 6.26. The molecule has 1 aromatic heterocycles. The largest absolute Gasteiger partial charge is 0.456 e. The van der Waals surface area contributed by atoms with Crippen molar-refractivity contribution in [2.45, 2.75) is 0 Å². The smallest absolute Gasteiger partial charge is 0.135 e. The highest BCUT2D eigenvalue weighted by Crippen LogP contribution is 2.53. The molecule has 1 heterocycles. The van der Waals surface area contributed by atoms with Crippen LogP contribution in [0, 0.1) is 0 Å². The highest BCUT2D eigenvalue weighted by atomic mass is 16.3. The van der Waals surface area contributed by atoms with Gasteiger partial charge in [0.1, 0.15) is 11.2 Å². The van der Waals surface area contributed by atoms with Gasteiger partial charge in [-0.15, -0.1) is 0 Å². The molecule has 0 N–H and O–H groups in total. The average Bonchev–Trinajstić information content (AvgIpc) is 3.84. The lowest BCUT2D eigenvalue weighted by molar-refractivity contribution is 0.669. The van der Waals surface area contributed by atoms with Crippen LogP contribution in [-0.2, 0) is 0 Å². The number of hydrogen-bond acceptors (Lipinski definition) is 1. The topological polar surface area (TPSA) is 13.1 Å². The Labute approximate surface area is 341 Å². The molecule has 1 aliphatic carbocycles. The van der Waals surface area contributed by atoms with E-state index in [-0.39, 0.29) is 0 Å². The van der Waals surface area contributed by atoms with Gasteiger partial charge in [-0.2, -0.15) is 0 Å². The Morgan fingerprint density at radius 2 is 0.763 bits per heavy atom. The molecule has 0 fully saturated rings. The molecule has 1 heteroatoms. The van der Waals surface area contributed by atoms with Crippen molar-refractivity contribution < 1.29 is 4.42 Å². The molecule has 0 aliphatic heterocycles. The minimum Gasteiger partial charge on any atom is -0.456 e. The van der Waals surface area contributed by atoms with E-state index >= 15 is 0 Å². The Balaban J connectivity index is 1.17. The van der Waals surface area contributed by atoms with Gasteiger partial charge in [0.2, 0.25) is 0 Å². The standard InChI is InChI=1S/C58H34O/c1-2-14-36-33-38(28-27-35(36)13-1)55-47-18-5-7-20-49(47)58(50-21-8-6-19-48(50)55)57-39(37-29-32-54-52(34-37)43-17-9-10-26-53(43)59-54)22-11-25-46(57)42-30-31-51-41-16-4-3-15-40(41)44-23-12-24-45(42)56(44)51/h1-34H. The van der Waals surface area contributed by atoms with Gasteiger partial charge in [0.05, 0.1) is 0 Å². The first-order valence-electron chi connectivity index (χ1n) is 20.4. The van der Waals surface area contributed by atoms with Gasteiger partial charge in [0, 0.05) is 10.8 Å². The van der Waals surface area contributed by atoms with E-state index < -0.39 is 0 Å². The summed E-state index contributed by atoms with van der Waals surface area (Å²) in [5.41, 5.74) is 16.8. The summed E-state index contributed by atoms with van der Waals surface area (Å²) in [5, 5.41) is 12.3. The molecule has 0 bridgehead atoms. The molecular weight excluding hydrogens is 713 g/mol. The first kappa shape index (κ1) is 32.4. The second kappa shape index (κ2) is 12.4. The third-order valence-electron chi connectivity index (χ3n) is 12.8. The summed E-state index contributed by atoms with van der Waals surface area (Å²) in [6.07, 6.45) is 0.